The molecule has 1 aromatic heterocycles. The van der Waals surface area contributed by atoms with E-state index in [4.69, 9.17) is 21.1 Å². The predicted molar refractivity (Wildman–Crippen MR) is 104 cm³/mol. The van der Waals surface area contributed by atoms with Gasteiger partial charge in [0.1, 0.15) is 24.6 Å². The summed E-state index contributed by atoms with van der Waals surface area (Å²) in [6, 6.07) is 0.716. The zero-order valence-electron chi connectivity index (χ0n) is 16.7. The smallest absolute Gasteiger partial charge is 0.282 e. The summed E-state index contributed by atoms with van der Waals surface area (Å²) in [5.41, 5.74) is 0.717. The molecule has 1 unspecified atom stereocenters. The van der Waals surface area contributed by atoms with Gasteiger partial charge in [-0.15, -0.1) is 5.10 Å². The number of nitrogens with one attached hydrogen (secondary N) is 1. The lowest BCUT2D eigenvalue weighted by atomic mass is 9.92. The van der Waals surface area contributed by atoms with E-state index in [0.717, 1.165) is 10.7 Å². The maximum atomic E-state index is 14.9. The molecular formula is C19H21ClF3N5O3. The van der Waals surface area contributed by atoms with E-state index in [0.29, 0.717) is 37.2 Å². The number of hydrogen-bond acceptors (Lipinski definition) is 6. The Morgan fingerprint density at radius 3 is 3.00 bits per heavy atom. The number of alkyl halides is 2. The molecule has 1 fully saturated rings. The highest BCUT2D eigenvalue weighted by Crippen LogP contribution is 2.39. The first kappa shape index (κ1) is 21.8. The molecule has 12 heteroatoms. The van der Waals surface area contributed by atoms with Gasteiger partial charge >= 0.3 is 0 Å². The normalized spacial score (nSPS) is 19.1. The van der Waals surface area contributed by atoms with Gasteiger partial charge in [0, 0.05) is 30.7 Å². The van der Waals surface area contributed by atoms with Crippen molar-refractivity contribution in [1.29, 1.82) is 0 Å². The summed E-state index contributed by atoms with van der Waals surface area (Å²) in [6.45, 7) is 1.31. The van der Waals surface area contributed by atoms with Crippen LogP contribution < -0.4 is 10.1 Å². The molecule has 1 saturated heterocycles. The Kier molecular flexibility index (Phi) is 6.35. The van der Waals surface area contributed by atoms with E-state index in [1.807, 2.05) is 0 Å². The summed E-state index contributed by atoms with van der Waals surface area (Å²) in [4.78, 5) is 13.8. The molecule has 2 aliphatic heterocycles. The molecule has 0 aliphatic carbocycles. The van der Waals surface area contributed by atoms with E-state index in [2.05, 4.69) is 15.6 Å². The van der Waals surface area contributed by atoms with Crippen molar-refractivity contribution in [2.24, 2.45) is 7.05 Å². The molecule has 0 saturated carbocycles. The molecular weight excluding hydrogens is 439 g/mol. The highest BCUT2D eigenvalue weighted by Gasteiger charge is 2.32. The molecule has 168 valence electrons. The van der Waals surface area contributed by atoms with Gasteiger partial charge < -0.3 is 19.7 Å². The maximum absolute atomic E-state index is 14.9. The summed E-state index contributed by atoms with van der Waals surface area (Å²) < 4.78 is 53.3. The third-order valence-corrected chi connectivity index (χ3v) is 5.77. The third-order valence-electron chi connectivity index (χ3n) is 5.43. The standard InChI is InChI=1S/C19H21ClF3N5O3/c1-27-17(19(22)23)14(25-26-27)8-31-18-12(21)6-11(20)10-2-3-24-13(16(10)18)7-28-4-5-30-9-15(28)29/h6,13,19,24H,2-5,7-9H2,1H3. The average Bonchev–Trinajstić information content (AvgIpc) is 3.10. The summed E-state index contributed by atoms with van der Waals surface area (Å²) in [6.07, 6.45) is -2.27. The first-order valence-corrected chi connectivity index (χ1v) is 10.1. The number of rotatable bonds is 6. The van der Waals surface area contributed by atoms with Gasteiger partial charge in [-0.25, -0.2) is 17.9 Å². The van der Waals surface area contributed by atoms with E-state index < -0.39 is 24.0 Å². The molecule has 31 heavy (non-hydrogen) atoms. The Morgan fingerprint density at radius 2 is 2.26 bits per heavy atom. The Hall–Kier alpha value is -2.37. The number of carbonyl (C=O) groups excluding carboxylic acids is 1. The van der Waals surface area contributed by atoms with Crippen molar-refractivity contribution in [2.75, 3.05) is 32.8 Å². The number of aryl methyl sites for hydroxylation is 1. The number of benzene rings is 1. The number of amides is 1. The van der Waals surface area contributed by atoms with Gasteiger partial charge in [0.2, 0.25) is 5.91 Å². The van der Waals surface area contributed by atoms with Crippen LogP contribution in [-0.2, 0) is 29.6 Å². The highest BCUT2D eigenvalue weighted by molar-refractivity contribution is 6.31. The highest BCUT2D eigenvalue weighted by atomic mass is 35.5. The van der Waals surface area contributed by atoms with E-state index in [9.17, 15) is 18.0 Å². The summed E-state index contributed by atoms with van der Waals surface area (Å²) in [5.74, 6) is -0.970. The molecule has 0 bridgehead atoms. The maximum Gasteiger partial charge on any atom is 0.282 e. The lowest BCUT2D eigenvalue weighted by molar-refractivity contribution is -0.143. The fraction of sp³-hybridized carbons (Fsp3) is 0.526. The molecule has 2 aromatic rings. The van der Waals surface area contributed by atoms with Gasteiger partial charge in [0.05, 0.1) is 12.6 Å². The van der Waals surface area contributed by atoms with Crippen LogP contribution in [0.4, 0.5) is 13.2 Å². The molecule has 1 atom stereocenters. The molecule has 2 aliphatic rings. The van der Waals surface area contributed by atoms with Crippen molar-refractivity contribution in [3.05, 3.63) is 39.4 Å². The number of carbonyl (C=O) groups is 1. The van der Waals surface area contributed by atoms with Crippen LogP contribution in [0.5, 0.6) is 5.75 Å². The Morgan fingerprint density at radius 1 is 1.45 bits per heavy atom. The van der Waals surface area contributed by atoms with E-state index in [1.54, 1.807) is 4.90 Å². The van der Waals surface area contributed by atoms with Crippen LogP contribution in [0.2, 0.25) is 5.02 Å². The van der Waals surface area contributed by atoms with Crippen molar-refractivity contribution >= 4 is 17.5 Å². The first-order valence-electron chi connectivity index (χ1n) is 9.76. The van der Waals surface area contributed by atoms with Crippen LogP contribution in [0.25, 0.3) is 0 Å². The Bertz CT molecular complexity index is 987. The molecule has 1 amide bonds. The van der Waals surface area contributed by atoms with Crippen molar-refractivity contribution in [3.8, 4) is 5.75 Å². The van der Waals surface area contributed by atoms with Gasteiger partial charge in [-0.3, -0.25) is 4.79 Å². The van der Waals surface area contributed by atoms with Crippen LogP contribution in [0.3, 0.4) is 0 Å². The van der Waals surface area contributed by atoms with Crippen LogP contribution >= 0.6 is 11.6 Å². The summed E-state index contributed by atoms with van der Waals surface area (Å²) in [5, 5.41) is 10.8. The quantitative estimate of drug-likeness (QED) is 0.713. The van der Waals surface area contributed by atoms with Crippen LogP contribution in [0, 0.1) is 5.82 Å². The zero-order chi connectivity index (χ0) is 22.1. The predicted octanol–water partition coefficient (Wildman–Crippen LogP) is 2.17. The molecule has 0 radical (unpaired) electrons. The number of ether oxygens (including phenoxy) is 2. The zero-order valence-corrected chi connectivity index (χ0v) is 17.5. The van der Waals surface area contributed by atoms with Crippen LogP contribution in [0.15, 0.2) is 6.07 Å². The van der Waals surface area contributed by atoms with Gasteiger partial charge in [-0.2, -0.15) is 0 Å². The van der Waals surface area contributed by atoms with E-state index in [-0.39, 0.29) is 42.1 Å². The fourth-order valence-electron chi connectivity index (χ4n) is 3.94. The number of morpholine rings is 1. The Labute approximate surface area is 181 Å². The molecule has 3 heterocycles. The second-order valence-corrected chi connectivity index (χ2v) is 7.75. The molecule has 4 rings (SSSR count). The van der Waals surface area contributed by atoms with Crippen molar-refractivity contribution in [2.45, 2.75) is 25.5 Å². The van der Waals surface area contributed by atoms with Crippen LogP contribution in [-0.4, -0.2) is 58.6 Å². The van der Waals surface area contributed by atoms with Crippen molar-refractivity contribution < 1.29 is 27.4 Å². The first-order chi connectivity index (χ1) is 14.9. The largest absolute Gasteiger partial charge is 0.484 e. The minimum absolute atomic E-state index is 0.00404. The second-order valence-electron chi connectivity index (χ2n) is 7.34. The molecule has 1 aromatic carbocycles. The van der Waals surface area contributed by atoms with E-state index >= 15 is 0 Å². The number of nitrogens with zero attached hydrogens (tertiary/aromatic N) is 4. The topological polar surface area (TPSA) is 81.5 Å². The monoisotopic (exact) mass is 459 g/mol. The lowest BCUT2D eigenvalue weighted by Gasteiger charge is -2.35. The number of aromatic nitrogens is 3. The van der Waals surface area contributed by atoms with Crippen LogP contribution in [0.1, 0.15) is 35.0 Å². The van der Waals surface area contributed by atoms with Gasteiger partial charge in [0.25, 0.3) is 6.43 Å². The number of hydrogen-bond donors (Lipinski definition) is 1. The van der Waals surface area contributed by atoms with Gasteiger partial charge in [-0.05, 0) is 24.6 Å². The van der Waals surface area contributed by atoms with E-state index in [1.165, 1.54) is 7.05 Å². The molecule has 1 N–H and O–H groups in total. The minimum atomic E-state index is -2.80. The number of halogens is 4. The third kappa shape index (κ3) is 4.35. The Balaban J connectivity index is 1.65. The van der Waals surface area contributed by atoms with Crippen molar-refractivity contribution in [1.82, 2.24) is 25.2 Å². The lowest BCUT2D eigenvalue weighted by Crippen LogP contribution is -2.47. The summed E-state index contributed by atoms with van der Waals surface area (Å²) >= 11 is 6.29. The molecule has 0 spiro atoms. The number of fused-ring (bicyclic) bond motifs is 1. The average molecular weight is 460 g/mol. The van der Waals surface area contributed by atoms with Gasteiger partial charge in [0.15, 0.2) is 11.6 Å². The summed E-state index contributed by atoms with van der Waals surface area (Å²) in [7, 11) is 1.35. The SMILES string of the molecule is Cn1nnc(COc2c(F)cc(Cl)c3c2C(CN2CCOCC2=O)NCC3)c1C(F)F. The fourth-order valence-corrected chi connectivity index (χ4v) is 4.23. The molecule has 8 nitrogen and oxygen atoms in total. The van der Waals surface area contributed by atoms with Crippen molar-refractivity contribution in [3.63, 3.8) is 0 Å². The second kappa shape index (κ2) is 9.01. The minimum Gasteiger partial charge on any atom is -0.484 e. The van der Waals surface area contributed by atoms with Gasteiger partial charge in [-0.1, -0.05) is 16.8 Å².